The molecule has 2 aromatic carbocycles. The molecule has 4 atom stereocenters. The molecule has 40 heavy (non-hydrogen) atoms. The highest BCUT2D eigenvalue weighted by Crippen LogP contribution is 2.17. The summed E-state index contributed by atoms with van der Waals surface area (Å²) in [6, 6.07) is 15.2. The molecular weight excluding hydrogens is 540 g/mol. The van der Waals surface area contributed by atoms with Crippen molar-refractivity contribution < 1.29 is 37.4 Å². The molecule has 4 unspecified atom stereocenters. The van der Waals surface area contributed by atoms with Crippen molar-refractivity contribution in [1.29, 1.82) is 0 Å². The van der Waals surface area contributed by atoms with Crippen LogP contribution >= 0.6 is 0 Å². The largest absolute Gasteiger partial charge is 0.430 e. The molecule has 0 aliphatic carbocycles. The summed E-state index contributed by atoms with van der Waals surface area (Å²) in [6.07, 6.45) is -0.767. The van der Waals surface area contributed by atoms with Crippen LogP contribution in [0.3, 0.4) is 0 Å². The Morgan fingerprint density at radius 1 is 0.975 bits per heavy atom. The number of hydrogen-bond donors (Lipinski definition) is 4. The van der Waals surface area contributed by atoms with Crippen molar-refractivity contribution in [1.82, 2.24) is 15.6 Å². The summed E-state index contributed by atoms with van der Waals surface area (Å²) in [7, 11) is -0.972. The molecule has 0 aliphatic rings. The number of ether oxygens (including phenoxy) is 1. The highest BCUT2D eigenvalue weighted by Gasteiger charge is 2.35. The molecule has 1 aromatic heterocycles. The Hall–Kier alpha value is -3.78. The Morgan fingerprint density at radius 2 is 1.55 bits per heavy atom. The first-order chi connectivity index (χ1) is 19.0. The second-order valence-corrected chi connectivity index (χ2v) is 11.2. The first kappa shape index (κ1) is 30.8. The van der Waals surface area contributed by atoms with Crippen LogP contribution in [0.4, 0.5) is 6.01 Å². The lowest BCUT2D eigenvalue weighted by Gasteiger charge is -2.32. The van der Waals surface area contributed by atoms with Gasteiger partial charge in [0.1, 0.15) is 18.5 Å². The van der Waals surface area contributed by atoms with E-state index in [1.165, 1.54) is 14.2 Å². The van der Waals surface area contributed by atoms with E-state index in [4.69, 9.17) is 9.15 Å². The fourth-order valence-electron chi connectivity index (χ4n) is 3.91. The minimum atomic E-state index is -3.68. The number of carbonyl (C=O) groups is 2. The molecule has 1 heterocycles. The fraction of sp³-hybridized carbons (Fsp3) is 0.370. The molecule has 3 rings (SSSR count). The van der Waals surface area contributed by atoms with E-state index < -0.39 is 46.1 Å². The lowest BCUT2D eigenvalue weighted by Crippen LogP contribution is -2.57. The predicted molar refractivity (Wildman–Crippen MR) is 147 cm³/mol. The molecule has 0 saturated carbocycles. The van der Waals surface area contributed by atoms with Gasteiger partial charge < -0.3 is 30.0 Å². The summed E-state index contributed by atoms with van der Waals surface area (Å²) in [6.45, 7) is 0.189. The smallest absolute Gasteiger partial charge is 0.311 e. The van der Waals surface area contributed by atoms with Crippen LogP contribution in [0.15, 0.2) is 71.3 Å². The Labute approximate surface area is 233 Å². The zero-order chi connectivity index (χ0) is 29.3. The van der Waals surface area contributed by atoms with Gasteiger partial charge in [0, 0.05) is 26.3 Å². The highest BCUT2D eigenvalue weighted by molar-refractivity contribution is 7.92. The van der Waals surface area contributed by atoms with E-state index in [0.29, 0.717) is 5.56 Å². The maximum absolute atomic E-state index is 13.1. The van der Waals surface area contributed by atoms with Gasteiger partial charge in [0.2, 0.25) is 10.0 Å². The maximum Gasteiger partial charge on any atom is 0.311 e. The van der Waals surface area contributed by atoms with Gasteiger partial charge in [-0.3, -0.25) is 9.59 Å². The molecule has 2 amide bonds. The third-order valence-corrected chi connectivity index (χ3v) is 7.42. The zero-order valence-corrected chi connectivity index (χ0v) is 23.2. The number of amides is 2. The van der Waals surface area contributed by atoms with Crippen molar-refractivity contribution in [2.75, 3.05) is 31.3 Å². The molecule has 0 radical (unpaired) electrons. The number of aliphatic hydroxyl groups excluding tert-OH is 2. The lowest BCUT2D eigenvalue weighted by atomic mass is 9.92. The molecule has 4 N–H and O–H groups in total. The van der Waals surface area contributed by atoms with Crippen LogP contribution < -0.4 is 14.9 Å². The van der Waals surface area contributed by atoms with Gasteiger partial charge in [-0.1, -0.05) is 48.5 Å². The number of oxazole rings is 1. The molecule has 3 aromatic rings. The second kappa shape index (κ2) is 14.0. The monoisotopic (exact) mass is 574 g/mol. The Kier molecular flexibility index (Phi) is 10.8. The zero-order valence-electron chi connectivity index (χ0n) is 22.4. The third kappa shape index (κ3) is 8.36. The SMILES string of the molecule is COCCC(NC(=O)c1ccccc1)C(O)C(O)C(Cc1ccccc1)NC(=O)c1coc(N(C)S(C)(=O)=O)n1. The van der Waals surface area contributed by atoms with E-state index in [-0.39, 0.29) is 31.2 Å². The predicted octanol–water partition coefficient (Wildman–Crippen LogP) is 0.968. The first-order valence-corrected chi connectivity index (χ1v) is 14.3. The standard InChI is InChI=1S/C27H34N4O8S/c1-31(40(3,36)37)27-30-22(17-39-27)26(35)29-21(16-18-10-6-4-7-11-18)24(33)23(32)20(14-15-38-2)28-25(34)19-12-8-5-9-13-19/h4-13,17,20-21,23-24,32-33H,14-16H2,1-3H3,(H,28,34)(H,29,35). The average Bonchev–Trinajstić information content (AvgIpc) is 3.44. The topological polar surface area (TPSA) is 171 Å². The number of sulfonamides is 1. The Balaban J connectivity index is 1.83. The van der Waals surface area contributed by atoms with Crippen LogP contribution in [0.5, 0.6) is 0 Å². The van der Waals surface area contributed by atoms with Gasteiger partial charge in [0.15, 0.2) is 5.69 Å². The molecule has 13 heteroatoms. The first-order valence-electron chi connectivity index (χ1n) is 12.5. The highest BCUT2D eigenvalue weighted by atomic mass is 32.2. The van der Waals surface area contributed by atoms with Crippen molar-refractivity contribution in [3.05, 3.63) is 83.7 Å². The van der Waals surface area contributed by atoms with Gasteiger partial charge in [-0.25, -0.2) is 12.7 Å². The van der Waals surface area contributed by atoms with E-state index in [2.05, 4.69) is 15.6 Å². The number of rotatable bonds is 14. The van der Waals surface area contributed by atoms with Crippen LogP contribution in [0, 0.1) is 0 Å². The number of methoxy groups -OCH3 is 1. The molecule has 0 bridgehead atoms. The molecule has 0 spiro atoms. The summed E-state index contributed by atoms with van der Waals surface area (Å²) in [5.74, 6) is -1.20. The number of aromatic nitrogens is 1. The third-order valence-electron chi connectivity index (χ3n) is 6.27. The van der Waals surface area contributed by atoms with Crippen LogP contribution in [0.2, 0.25) is 0 Å². The van der Waals surface area contributed by atoms with Gasteiger partial charge in [0.05, 0.1) is 18.3 Å². The number of aliphatic hydroxyl groups is 2. The molecule has 0 fully saturated rings. The van der Waals surface area contributed by atoms with E-state index in [9.17, 15) is 28.2 Å². The summed E-state index contributed by atoms with van der Waals surface area (Å²) in [5.41, 5.74) is 0.915. The van der Waals surface area contributed by atoms with E-state index in [1.807, 2.05) is 6.07 Å². The molecular formula is C27H34N4O8S. The quantitative estimate of drug-likeness (QED) is 0.219. The van der Waals surface area contributed by atoms with Crippen LogP contribution in [0.25, 0.3) is 0 Å². The number of nitrogens with one attached hydrogen (secondary N) is 2. The molecule has 0 saturated heterocycles. The number of anilines is 1. The Morgan fingerprint density at radius 3 is 2.15 bits per heavy atom. The van der Waals surface area contributed by atoms with Crippen LogP contribution in [-0.4, -0.2) is 86.7 Å². The van der Waals surface area contributed by atoms with Crippen LogP contribution in [0.1, 0.15) is 32.8 Å². The fourth-order valence-corrected chi connectivity index (χ4v) is 4.28. The van der Waals surface area contributed by atoms with Gasteiger partial charge >= 0.3 is 6.01 Å². The van der Waals surface area contributed by atoms with E-state index in [0.717, 1.165) is 22.4 Å². The summed E-state index contributed by atoms with van der Waals surface area (Å²) in [5, 5.41) is 27.9. The summed E-state index contributed by atoms with van der Waals surface area (Å²) >= 11 is 0. The van der Waals surface area contributed by atoms with Crippen molar-refractivity contribution in [2.24, 2.45) is 0 Å². The summed E-state index contributed by atoms with van der Waals surface area (Å²) in [4.78, 5) is 29.8. The van der Waals surface area contributed by atoms with Gasteiger partial charge in [0.25, 0.3) is 11.8 Å². The molecule has 216 valence electrons. The van der Waals surface area contributed by atoms with E-state index in [1.54, 1.807) is 54.6 Å². The molecule has 0 aliphatic heterocycles. The lowest BCUT2D eigenvalue weighted by molar-refractivity contribution is -0.0269. The van der Waals surface area contributed by atoms with Crippen molar-refractivity contribution in [3.63, 3.8) is 0 Å². The van der Waals surface area contributed by atoms with Gasteiger partial charge in [-0.2, -0.15) is 4.98 Å². The maximum atomic E-state index is 13.1. The second-order valence-electron chi connectivity index (χ2n) is 9.22. The minimum Gasteiger partial charge on any atom is -0.430 e. The van der Waals surface area contributed by atoms with Crippen molar-refractivity contribution >= 4 is 27.9 Å². The van der Waals surface area contributed by atoms with Crippen molar-refractivity contribution in [3.8, 4) is 0 Å². The van der Waals surface area contributed by atoms with E-state index >= 15 is 0 Å². The number of nitrogens with zero attached hydrogens (tertiary/aromatic N) is 2. The average molecular weight is 575 g/mol. The molecule has 12 nitrogen and oxygen atoms in total. The number of carbonyl (C=O) groups excluding carboxylic acids is 2. The van der Waals surface area contributed by atoms with Crippen molar-refractivity contribution in [2.45, 2.75) is 37.1 Å². The minimum absolute atomic E-state index is 0.127. The number of benzene rings is 2. The number of hydrogen-bond acceptors (Lipinski definition) is 9. The van der Waals surface area contributed by atoms with Gasteiger partial charge in [-0.15, -0.1) is 0 Å². The van der Waals surface area contributed by atoms with Gasteiger partial charge in [-0.05, 0) is 30.5 Å². The Bertz CT molecular complexity index is 1350. The van der Waals surface area contributed by atoms with Crippen LogP contribution in [-0.2, 0) is 21.2 Å². The summed E-state index contributed by atoms with van der Waals surface area (Å²) < 4.78 is 34.6. The normalized spacial score (nSPS) is 14.5.